The second-order valence-electron chi connectivity index (χ2n) is 5.15. The van der Waals surface area contributed by atoms with Crippen molar-refractivity contribution in [1.82, 2.24) is 0 Å². The quantitative estimate of drug-likeness (QED) is 0.386. The molecule has 0 bridgehead atoms. The smallest absolute Gasteiger partial charge is 0.319 e. The summed E-state index contributed by atoms with van der Waals surface area (Å²) in [5.74, 6) is -0.310. The SMILES string of the molecule is CCCCOCCC1(C(=O)OCC)CCCCC1=O. The van der Waals surface area contributed by atoms with Crippen LogP contribution in [0.15, 0.2) is 0 Å². The molecule has 0 amide bonds. The van der Waals surface area contributed by atoms with Crippen molar-refractivity contribution < 1.29 is 19.1 Å². The highest BCUT2D eigenvalue weighted by Crippen LogP contribution is 2.37. The third kappa shape index (κ3) is 4.30. The number of carbonyl (C=O) groups excluding carboxylic acids is 2. The molecule has 0 spiro atoms. The lowest BCUT2D eigenvalue weighted by atomic mass is 9.71. The van der Waals surface area contributed by atoms with Crippen LogP contribution >= 0.6 is 0 Å². The Morgan fingerprint density at radius 1 is 1.26 bits per heavy atom. The fourth-order valence-corrected chi connectivity index (χ4v) is 2.54. The van der Waals surface area contributed by atoms with Crippen LogP contribution in [0.1, 0.15) is 58.8 Å². The minimum atomic E-state index is -0.930. The van der Waals surface area contributed by atoms with Gasteiger partial charge in [-0.15, -0.1) is 0 Å². The molecule has 0 aromatic heterocycles. The number of unbranched alkanes of at least 4 members (excludes halogenated alkanes) is 1. The van der Waals surface area contributed by atoms with E-state index in [1.165, 1.54) is 0 Å². The van der Waals surface area contributed by atoms with E-state index in [-0.39, 0.29) is 11.8 Å². The zero-order valence-electron chi connectivity index (χ0n) is 12.2. The highest BCUT2D eigenvalue weighted by atomic mass is 16.5. The fourth-order valence-electron chi connectivity index (χ4n) is 2.54. The predicted octanol–water partition coefficient (Wildman–Crippen LogP) is 2.89. The van der Waals surface area contributed by atoms with E-state index in [1.54, 1.807) is 6.92 Å². The van der Waals surface area contributed by atoms with E-state index in [0.717, 1.165) is 25.7 Å². The Morgan fingerprint density at radius 3 is 2.68 bits per heavy atom. The molecule has 0 aromatic rings. The second kappa shape index (κ2) is 8.31. The number of ketones is 1. The minimum Gasteiger partial charge on any atom is -0.465 e. The Bertz CT molecular complexity index is 301. The molecule has 19 heavy (non-hydrogen) atoms. The van der Waals surface area contributed by atoms with Gasteiger partial charge in [0.2, 0.25) is 0 Å². The molecule has 4 nitrogen and oxygen atoms in total. The number of carbonyl (C=O) groups is 2. The first-order valence-corrected chi connectivity index (χ1v) is 7.45. The standard InChI is InChI=1S/C15H26O4/c1-3-5-11-18-12-10-15(14(17)19-4-2)9-7-6-8-13(15)16/h3-12H2,1-2H3. The van der Waals surface area contributed by atoms with Crippen LogP contribution in [0.3, 0.4) is 0 Å². The van der Waals surface area contributed by atoms with Crippen LogP contribution in [-0.2, 0) is 19.1 Å². The molecular formula is C15H26O4. The molecule has 1 aliphatic rings. The zero-order chi connectivity index (χ0) is 14.1. The molecule has 1 aliphatic carbocycles. The molecule has 0 N–H and O–H groups in total. The van der Waals surface area contributed by atoms with Crippen LogP contribution in [0.4, 0.5) is 0 Å². The number of hydrogen-bond donors (Lipinski definition) is 0. The number of Topliss-reactive ketones (excluding diaryl/α,β-unsaturated/α-hetero) is 1. The topological polar surface area (TPSA) is 52.6 Å². The van der Waals surface area contributed by atoms with Gasteiger partial charge in [0.05, 0.1) is 6.61 Å². The van der Waals surface area contributed by atoms with Crippen LogP contribution in [0.2, 0.25) is 0 Å². The normalized spacial score (nSPS) is 23.4. The summed E-state index contributed by atoms with van der Waals surface area (Å²) in [4.78, 5) is 24.3. The van der Waals surface area contributed by atoms with Gasteiger partial charge in [-0.05, 0) is 32.6 Å². The summed E-state index contributed by atoms with van der Waals surface area (Å²) in [7, 11) is 0. The molecular weight excluding hydrogens is 244 g/mol. The molecule has 1 rings (SSSR count). The molecule has 110 valence electrons. The lowest BCUT2D eigenvalue weighted by Gasteiger charge is -2.33. The van der Waals surface area contributed by atoms with Gasteiger partial charge < -0.3 is 9.47 Å². The van der Waals surface area contributed by atoms with Gasteiger partial charge in [0.15, 0.2) is 0 Å². The molecule has 0 aliphatic heterocycles. The van der Waals surface area contributed by atoms with Crippen LogP contribution in [0.25, 0.3) is 0 Å². The summed E-state index contributed by atoms with van der Waals surface area (Å²) in [5, 5.41) is 0. The van der Waals surface area contributed by atoms with Crippen molar-refractivity contribution >= 4 is 11.8 Å². The van der Waals surface area contributed by atoms with E-state index in [1.807, 2.05) is 0 Å². The van der Waals surface area contributed by atoms with E-state index in [2.05, 4.69) is 6.92 Å². The molecule has 0 aromatic carbocycles. The Hall–Kier alpha value is -0.900. The monoisotopic (exact) mass is 270 g/mol. The first-order chi connectivity index (χ1) is 9.17. The number of ether oxygens (including phenoxy) is 2. The summed E-state index contributed by atoms with van der Waals surface area (Å²) in [6.07, 6.45) is 5.47. The number of hydrogen-bond acceptors (Lipinski definition) is 4. The Kier molecular flexibility index (Phi) is 7.06. The molecule has 1 saturated carbocycles. The van der Waals surface area contributed by atoms with Crippen LogP contribution in [-0.4, -0.2) is 31.6 Å². The molecule has 0 radical (unpaired) electrons. The number of rotatable bonds is 8. The van der Waals surface area contributed by atoms with Crippen molar-refractivity contribution in [3.8, 4) is 0 Å². The predicted molar refractivity (Wildman–Crippen MR) is 72.9 cm³/mol. The maximum absolute atomic E-state index is 12.2. The van der Waals surface area contributed by atoms with Crippen molar-refractivity contribution in [2.75, 3.05) is 19.8 Å². The van der Waals surface area contributed by atoms with E-state index in [4.69, 9.17) is 9.47 Å². The van der Waals surface area contributed by atoms with Crippen LogP contribution in [0, 0.1) is 5.41 Å². The van der Waals surface area contributed by atoms with Gasteiger partial charge in [-0.3, -0.25) is 9.59 Å². The lowest BCUT2D eigenvalue weighted by molar-refractivity contribution is -0.163. The summed E-state index contributed by atoms with van der Waals surface area (Å²) < 4.78 is 10.6. The lowest BCUT2D eigenvalue weighted by Crippen LogP contribution is -2.43. The molecule has 0 heterocycles. The van der Waals surface area contributed by atoms with Crippen molar-refractivity contribution in [2.24, 2.45) is 5.41 Å². The maximum atomic E-state index is 12.2. The average molecular weight is 270 g/mol. The molecule has 0 saturated heterocycles. The highest BCUT2D eigenvalue weighted by molar-refractivity contribution is 6.04. The average Bonchev–Trinajstić information content (AvgIpc) is 2.41. The van der Waals surface area contributed by atoms with E-state index < -0.39 is 5.41 Å². The largest absolute Gasteiger partial charge is 0.465 e. The molecule has 1 fully saturated rings. The van der Waals surface area contributed by atoms with Gasteiger partial charge in [-0.1, -0.05) is 19.8 Å². The third-order valence-electron chi connectivity index (χ3n) is 3.77. The van der Waals surface area contributed by atoms with Crippen LogP contribution < -0.4 is 0 Å². The Morgan fingerprint density at radius 2 is 2.05 bits per heavy atom. The van der Waals surface area contributed by atoms with Gasteiger partial charge in [0.1, 0.15) is 11.2 Å². The highest BCUT2D eigenvalue weighted by Gasteiger charge is 2.47. The fraction of sp³-hybridized carbons (Fsp3) is 0.867. The van der Waals surface area contributed by atoms with Crippen molar-refractivity contribution in [2.45, 2.75) is 58.8 Å². The summed E-state index contributed by atoms with van der Waals surface area (Å²) >= 11 is 0. The first-order valence-electron chi connectivity index (χ1n) is 7.45. The van der Waals surface area contributed by atoms with Gasteiger partial charge in [0, 0.05) is 19.6 Å². The summed E-state index contributed by atoms with van der Waals surface area (Å²) in [5.41, 5.74) is -0.930. The molecule has 1 unspecified atom stereocenters. The van der Waals surface area contributed by atoms with Crippen LogP contribution in [0.5, 0.6) is 0 Å². The van der Waals surface area contributed by atoms with Crippen molar-refractivity contribution in [1.29, 1.82) is 0 Å². The minimum absolute atomic E-state index is 0.0382. The Balaban J connectivity index is 2.58. The summed E-state index contributed by atoms with van der Waals surface area (Å²) in [6, 6.07) is 0. The van der Waals surface area contributed by atoms with Gasteiger partial charge in [-0.25, -0.2) is 0 Å². The van der Waals surface area contributed by atoms with E-state index in [9.17, 15) is 9.59 Å². The van der Waals surface area contributed by atoms with Crippen molar-refractivity contribution in [3.05, 3.63) is 0 Å². The van der Waals surface area contributed by atoms with E-state index in [0.29, 0.717) is 39.1 Å². The van der Waals surface area contributed by atoms with Gasteiger partial charge in [0.25, 0.3) is 0 Å². The first kappa shape index (κ1) is 16.2. The Labute approximate surface area is 115 Å². The summed E-state index contributed by atoms with van der Waals surface area (Å²) in [6.45, 7) is 5.36. The number of esters is 1. The van der Waals surface area contributed by atoms with Gasteiger partial charge >= 0.3 is 5.97 Å². The van der Waals surface area contributed by atoms with Crippen molar-refractivity contribution in [3.63, 3.8) is 0 Å². The second-order valence-corrected chi connectivity index (χ2v) is 5.15. The maximum Gasteiger partial charge on any atom is 0.319 e. The zero-order valence-corrected chi connectivity index (χ0v) is 12.2. The van der Waals surface area contributed by atoms with Gasteiger partial charge in [-0.2, -0.15) is 0 Å². The molecule has 1 atom stereocenters. The molecule has 4 heteroatoms. The van der Waals surface area contributed by atoms with E-state index >= 15 is 0 Å². The third-order valence-corrected chi connectivity index (χ3v) is 3.77.